The second-order valence-electron chi connectivity index (χ2n) is 6.96. The van der Waals surface area contributed by atoms with E-state index >= 15 is 0 Å². The summed E-state index contributed by atoms with van der Waals surface area (Å²) in [6.07, 6.45) is 5.85. The molecule has 2 aliphatic rings. The molecule has 2 aliphatic carbocycles. The normalized spacial score (nSPS) is 21.8. The number of benzene rings is 2. The van der Waals surface area contributed by atoms with Crippen LogP contribution in [0.25, 0.3) is 11.6 Å². The van der Waals surface area contributed by atoms with Gasteiger partial charge in [0.05, 0.1) is 5.56 Å². The highest BCUT2D eigenvalue weighted by Gasteiger charge is 2.36. The zero-order valence-electron chi connectivity index (χ0n) is 13.6. The Morgan fingerprint density at radius 1 is 1.04 bits per heavy atom. The average Bonchev–Trinajstić information content (AvgIpc) is 3.18. The van der Waals surface area contributed by atoms with Crippen molar-refractivity contribution in [1.29, 1.82) is 0 Å². The van der Waals surface area contributed by atoms with Gasteiger partial charge in [-0.3, -0.25) is 0 Å². The number of aromatic carboxylic acids is 1. The molecule has 2 aromatic rings. The predicted molar refractivity (Wildman–Crippen MR) is 94.4 cm³/mol. The van der Waals surface area contributed by atoms with Crippen molar-refractivity contribution in [1.82, 2.24) is 0 Å². The van der Waals surface area contributed by atoms with Gasteiger partial charge >= 0.3 is 5.97 Å². The SMILES string of the molecule is C/C(=C/c1ccc(C(=O)O)cc1O)c1ccc2c(c1)C1CCC2C1. The molecule has 0 heterocycles. The summed E-state index contributed by atoms with van der Waals surface area (Å²) < 4.78 is 0. The van der Waals surface area contributed by atoms with Gasteiger partial charge in [0.1, 0.15) is 5.75 Å². The lowest BCUT2D eigenvalue weighted by atomic mass is 9.89. The van der Waals surface area contributed by atoms with Gasteiger partial charge in [-0.15, -0.1) is 0 Å². The third-order valence-corrected chi connectivity index (χ3v) is 5.50. The molecule has 2 atom stereocenters. The van der Waals surface area contributed by atoms with Crippen LogP contribution in [0.3, 0.4) is 0 Å². The van der Waals surface area contributed by atoms with Gasteiger partial charge in [-0.25, -0.2) is 4.79 Å². The van der Waals surface area contributed by atoms with Gasteiger partial charge in [-0.05, 0) is 78.5 Å². The second kappa shape index (κ2) is 5.52. The van der Waals surface area contributed by atoms with Gasteiger partial charge in [-0.1, -0.05) is 24.3 Å². The average molecular weight is 320 g/mol. The van der Waals surface area contributed by atoms with E-state index in [4.69, 9.17) is 5.11 Å². The molecule has 1 fully saturated rings. The first-order chi connectivity index (χ1) is 11.5. The predicted octanol–water partition coefficient (Wildman–Crippen LogP) is 5.02. The van der Waals surface area contributed by atoms with Crippen molar-refractivity contribution in [3.63, 3.8) is 0 Å². The number of carbonyl (C=O) groups is 1. The van der Waals surface area contributed by atoms with E-state index in [1.807, 2.05) is 13.0 Å². The molecular formula is C21H20O3. The minimum Gasteiger partial charge on any atom is -0.507 e. The van der Waals surface area contributed by atoms with Crippen molar-refractivity contribution in [2.75, 3.05) is 0 Å². The van der Waals surface area contributed by atoms with Crippen LogP contribution in [0.4, 0.5) is 0 Å². The molecule has 0 aromatic heterocycles. The lowest BCUT2D eigenvalue weighted by Crippen LogP contribution is -1.98. The molecule has 0 saturated heterocycles. The van der Waals surface area contributed by atoms with Crippen LogP contribution in [0.5, 0.6) is 5.75 Å². The van der Waals surface area contributed by atoms with Crippen LogP contribution >= 0.6 is 0 Å². The van der Waals surface area contributed by atoms with E-state index in [1.165, 1.54) is 48.1 Å². The number of aromatic hydroxyl groups is 1. The molecule has 122 valence electrons. The number of carboxylic acids is 1. The van der Waals surface area contributed by atoms with Crippen LogP contribution in [0.1, 0.15) is 70.6 Å². The molecule has 24 heavy (non-hydrogen) atoms. The topological polar surface area (TPSA) is 57.5 Å². The van der Waals surface area contributed by atoms with Crippen molar-refractivity contribution in [3.8, 4) is 5.75 Å². The number of phenolic OH excluding ortho intramolecular Hbond substituents is 1. The number of hydrogen-bond donors (Lipinski definition) is 2. The summed E-state index contributed by atoms with van der Waals surface area (Å²) >= 11 is 0. The largest absolute Gasteiger partial charge is 0.507 e. The minimum atomic E-state index is -1.04. The third-order valence-electron chi connectivity index (χ3n) is 5.50. The number of rotatable bonds is 3. The van der Waals surface area contributed by atoms with Crippen LogP contribution < -0.4 is 0 Å². The van der Waals surface area contributed by atoms with Crippen molar-refractivity contribution >= 4 is 17.6 Å². The fraction of sp³-hybridized carbons (Fsp3) is 0.286. The Hall–Kier alpha value is -2.55. The van der Waals surface area contributed by atoms with E-state index in [0.717, 1.165) is 17.4 Å². The van der Waals surface area contributed by atoms with Crippen LogP contribution in [-0.2, 0) is 0 Å². The molecule has 3 nitrogen and oxygen atoms in total. The van der Waals surface area contributed by atoms with E-state index in [-0.39, 0.29) is 11.3 Å². The van der Waals surface area contributed by atoms with E-state index in [2.05, 4.69) is 18.2 Å². The van der Waals surface area contributed by atoms with Gasteiger partial charge in [0.15, 0.2) is 0 Å². The molecule has 2 unspecified atom stereocenters. The van der Waals surface area contributed by atoms with Gasteiger partial charge < -0.3 is 10.2 Å². The quantitative estimate of drug-likeness (QED) is 0.781. The molecule has 2 aromatic carbocycles. The van der Waals surface area contributed by atoms with Gasteiger partial charge in [0.2, 0.25) is 0 Å². The third kappa shape index (κ3) is 2.41. The van der Waals surface area contributed by atoms with Crippen molar-refractivity contribution in [2.24, 2.45) is 0 Å². The molecule has 2 N–H and O–H groups in total. The fourth-order valence-corrected chi connectivity index (χ4v) is 4.21. The first kappa shape index (κ1) is 15.0. The summed E-state index contributed by atoms with van der Waals surface area (Å²) in [5, 5.41) is 19.0. The summed E-state index contributed by atoms with van der Waals surface area (Å²) in [6.45, 7) is 2.03. The molecule has 0 amide bonds. The maximum absolute atomic E-state index is 11.0. The Morgan fingerprint density at radius 2 is 1.75 bits per heavy atom. The van der Waals surface area contributed by atoms with Crippen LogP contribution in [0, 0.1) is 0 Å². The molecule has 1 saturated carbocycles. The van der Waals surface area contributed by atoms with Crippen molar-refractivity contribution in [3.05, 3.63) is 64.2 Å². The number of allylic oxidation sites excluding steroid dienone is 1. The van der Waals surface area contributed by atoms with E-state index in [0.29, 0.717) is 5.56 Å². The molecule has 0 aliphatic heterocycles. The zero-order valence-corrected chi connectivity index (χ0v) is 13.6. The van der Waals surface area contributed by atoms with Crippen LogP contribution in [0.2, 0.25) is 0 Å². The summed E-state index contributed by atoms with van der Waals surface area (Å²) in [4.78, 5) is 11.0. The van der Waals surface area contributed by atoms with Gasteiger partial charge in [0.25, 0.3) is 0 Å². The molecule has 0 spiro atoms. The molecule has 2 bridgehead atoms. The fourth-order valence-electron chi connectivity index (χ4n) is 4.21. The maximum atomic E-state index is 11.0. The van der Waals surface area contributed by atoms with E-state index < -0.39 is 5.97 Å². The Balaban J connectivity index is 1.67. The molecule has 0 radical (unpaired) electrons. The molecule has 4 rings (SSSR count). The minimum absolute atomic E-state index is 0.00512. The Morgan fingerprint density at radius 3 is 2.46 bits per heavy atom. The zero-order chi connectivity index (χ0) is 16.8. The summed E-state index contributed by atoms with van der Waals surface area (Å²) in [7, 11) is 0. The Bertz CT molecular complexity index is 863. The highest BCUT2D eigenvalue weighted by atomic mass is 16.4. The number of phenols is 1. The Kier molecular flexibility index (Phi) is 3.45. The van der Waals surface area contributed by atoms with Gasteiger partial charge in [-0.2, -0.15) is 0 Å². The molecular weight excluding hydrogens is 300 g/mol. The lowest BCUT2D eigenvalue weighted by molar-refractivity contribution is 0.0696. The standard InChI is InChI=1S/C21H20O3/c1-12(8-16-4-5-17(21(23)24)11-20(16)22)13-6-7-18-14-2-3-15(9-14)19(18)10-13/h4-8,10-11,14-15,22H,2-3,9H2,1H3,(H,23,24)/b12-8-. The number of carboxylic acid groups (broad SMARTS) is 1. The number of fused-ring (bicyclic) bond motifs is 5. The summed E-state index contributed by atoms with van der Waals surface area (Å²) in [5.74, 6) is 0.442. The number of hydrogen-bond acceptors (Lipinski definition) is 2. The summed E-state index contributed by atoms with van der Waals surface area (Å²) in [6, 6.07) is 11.2. The van der Waals surface area contributed by atoms with Crippen molar-refractivity contribution in [2.45, 2.75) is 38.0 Å². The highest BCUT2D eigenvalue weighted by Crippen LogP contribution is 2.53. The van der Waals surface area contributed by atoms with Crippen LogP contribution in [-0.4, -0.2) is 16.2 Å². The lowest BCUT2D eigenvalue weighted by Gasteiger charge is -2.16. The monoisotopic (exact) mass is 320 g/mol. The van der Waals surface area contributed by atoms with Gasteiger partial charge in [0, 0.05) is 5.56 Å². The molecule has 3 heteroatoms. The van der Waals surface area contributed by atoms with Crippen LogP contribution in [0.15, 0.2) is 36.4 Å². The maximum Gasteiger partial charge on any atom is 0.335 e. The van der Waals surface area contributed by atoms with E-state index in [9.17, 15) is 9.90 Å². The highest BCUT2D eigenvalue weighted by molar-refractivity contribution is 5.90. The summed E-state index contributed by atoms with van der Waals surface area (Å²) in [5.41, 5.74) is 6.00. The Labute approximate surface area is 141 Å². The smallest absolute Gasteiger partial charge is 0.335 e. The second-order valence-corrected chi connectivity index (χ2v) is 6.96. The van der Waals surface area contributed by atoms with Crippen molar-refractivity contribution < 1.29 is 15.0 Å². The first-order valence-corrected chi connectivity index (χ1v) is 8.42. The van der Waals surface area contributed by atoms with E-state index in [1.54, 1.807) is 6.07 Å². The first-order valence-electron chi connectivity index (χ1n) is 8.42.